The van der Waals surface area contributed by atoms with Crippen molar-refractivity contribution in [3.8, 4) is 0 Å². The van der Waals surface area contributed by atoms with Crippen LogP contribution in [-0.4, -0.2) is 0 Å². The van der Waals surface area contributed by atoms with E-state index in [1.165, 1.54) is 51.4 Å². The maximum absolute atomic E-state index is 2.43. The molecule has 0 aromatic rings. The number of hydrogen-bond donors (Lipinski definition) is 0. The van der Waals surface area contributed by atoms with Crippen LogP contribution >= 0.6 is 0 Å². The molecule has 1 rings (SSSR count). The van der Waals surface area contributed by atoms with Crippen LogP contribution in [0.25, 0.3) is 0 Å². The van der Waals surface area contributed by atoms with Crippen molar-refractivity contribution in [1.29, 1.82) is 0 Å². The van der Waals surface area contributed by atoms with E-state index in [0.29, 0.717) is 0 Å². The van der Waals surface area contributed by atoms with Gasteiger partial charge in [0.15, 0.2) is 0 Å². The van der Waals surface area contributed by atoms with Crippen LogP contribution in [0.2, 0.25) is 0 Å². The van der Waals surface area contributed by atoms with Crippen molar-refractivity contribution in [2.75, 3.05) is 0 Å². The highest BCUT2D eigenvalue weighted by atomic mass is 14.4. The predicted octanol–water partition coefficient (Wildman–Crippen LogP) is 6.61. The van der Waals surface area contributed by atoms with Crippen molar-refractivity contribution >= 4 is 0 Å². The Bertz CT molecular complexity index is 261. The summed E-state index contributed by atoms with van der Waals surface area (Å²) in [6.07, 6.45) is 13.6. The minimum atomic E-state index is 0.873. The highest BCUT2D eigenvalue weighted by Crippen LogP contribution is 2.43. The second-order valence-corrected chi connectivity index (χ2v) is 6.93. The van der Waals surface area contributed by atoms with Gasteiger partial charge >= 0.3 is 0 Å². The maximum atomic E-state index is 2.43. The lowest BCUT2D eigenvalue weighted by molar-refractivity contribution is 0.108. The van der Waals surface area contributed by atoms with Crippen LogP contribution in [0.15, 0.2) is 11.6 Å². The van der Waals surface area contributed by atoms with Gasteiger partial charge in [0.25, 0.3) is 0 Å². The van der Waals surface area contributed by atoms with Crippen molar-refractivity contribution < 1.29 is 0 Å². The Morgan fingerprint density at radius 2 is 1.95 bits per heavy atom. The average Bonchev–Trinajstić information content (AvgIpc) is 2.42. The molecule has 1 saturated carbocycles. The van der Waals surface area contributed by atoms with Gasteiger partial charge in [-0.15, -0.1) is 0 Å². The normalized spacial score (nSPS) is 28.9. The van der Waals surface area contributed by atoms with Crippen molar-refractivity contribution in [3.63, 3.8) is 0 Å². The van der Waals surface area contributed by atoms with Gasteiger partial charge < -0.3 is 0 Å². The summed E-state index contributed by atoms with van der Waals surface area (Å²) in [5.41, 5.74) is 1.73. The summed E-state index contributed by atoms with van der Waals surface area (Å²) >= 11 is 0. The van der Waals surface area contributed by atoms with E-state index in [1.54, 1.807) is 5.57 Å². The van der Waals surface area contributed by atoms with E-state index in [2.05, 4.69) is 40.7 Å². The molecular formula is C19H36. The summed E-state index contributed by atoms with van der Waals surface area (Å²) in [7, 11) is 0. The first-order valence-electron chi connectivity index (χ1n) is 8.78. The molecule has 1 aliphatic rings. The minimum absolute atomic E-state index is 0.873. The SMILES string of the molecule is C/C=C(\CCCC)CC1CCCC(C(C)C)C1CC. The van der Waals surface area contributed by atoms with E-state index in [1.807, 2.05) is 0 Å². The molecule has 0 heteroatoms. The Morgan fingerprint density at radius 1 is 1.21 bits per heavy atom. The predicted molar refractivity (Wildman–Crippen MR) is 87.3 cm³/mol. The molecule has 0 aliphatic heterocycles. The fourth-order valence-electron chi connectivity index (χ4n) is 4.22. The molecule has 0 N–H and O–H groups in total. The van der Waals surface area contributed by atoms with Crippen molar-refractivity contribution in [3.05, 3.63) is 11.6 Å². The summed E-state index contributed by atoms with van der Waals surface area (Å²) in [5.74, 6) is 3.80. The molecule has 0 saturated heterocycles. The Balaban J connectivity index is 2.63. The van der Waals surface area contributed by atoms with Gasteiger partial charge in [-0.05, 0) is 62.7 Å². The zero-order valence-electron chi connectivity index (χ0n) is 14.0. The Morgan fingerprint density at radius 3 is 2.47 bits per heavy atom. The van der Waals surface area contributed by atoms with E-state index in [0.717, 1.165) is 23.7 Å². The molecule has 1 fully saturated rings. The van der Waals surface area contributed by atoms with E-state index in [-0.39, 0.29) is 0 Å². The monoisotopic (exact) mass is 264 g/mol. The third-order valence-corrected chi connectivity index (χ3v) is 5.38. The van der Waals surface area contributed by atoms with Crippen LogP contribution in [0.1, 0.15) is 86.0 Å². The van der Waals surface area contributed by atoms with Crippen LogP contribution in [0, 0.1) is 23.7 Å². The number of unbranched alkanes of at least 4 members (excludes halogenated alkanes) is 1. The Kier molecular flexibility index (Phi) is 7.80. The zero-order valence-corrected chi connectivity index (χ0v) is 14.0. The van der Waals surface area contributed by atoms with Gasteiger partial charge in [0, 0.05) is 0 Å². The zero-order chi connectivity index (χ0) is 14.3. The largest absolute Gasteiger partial charge is 0.0884 e. The van der Waals surface area contributed by atoms with Crippen LogP contribution in [0.4, 0.5) is 0 Å². The molecule has 0 amide bonds. The molecule has 0 aromatic heterocycles. The van der Waals surface area contributed by atoms with Crippen LogP contribution in [0.3, 0.4) is 0 Å². The third kappa shape index (κ3) is 4.97. The summed E-state index contributed by atoms with van der Waals surface area (Å²) < 4.78 is 0. The summed E-state index contributed by atoms with van der Waals surface area (Å²) in [5, 5.41) is 0. The first-order valence-corrected chi connectivity index (χ1v) is 8.78. The number of hydrogen-bond acceptors (Lipinski definition) is 0. The molecule has 0 bridgehead atoms. The topological polar surface area (TPSA) is 0 Å². The fraction of sp³-hybridized carbons (Fsp3) is 0.895. The fourth-order valence-corrected chi connectivity index (χ4v) is 4.22. The molecule has 0 spiro atoms. The minimum Gasteiger partial charge on any atom is -0.0884 e. The van der Waals surface area contributed by atoms with Crippen LogP contribution < -0.4 is 0 Å². The highest BCUT2D eigenvalue weighted by Gasteiger charge is 2.33. The van der Waals surface area contributed by atoms with Gasteiger partial charge in [-0.1, -0.05) is 58.6 Å². The van der Waals surface area contributed by atoms with E-state index < -0.39 is 0 Å². The molecule has 0 heterocycles. The van der Waals surface area contributed by atoms with E-state index >= 15 is 0 Å². The molecule has 0 aromatic carbocycles. The van der Waals surface area contributed by atoms with Gasteiger partial charge in [0.2, 0.25) is 0 Å². The first-order chi connectivity index (χ1) is 9.13. The number of allylic oxidation sites excluding steroid dienone is 2. The van der Waals surface area contributed by atoms with Gasteiger partial charge in [-0.25, -0.2) is 0 Å². The molecule has 1 aliphatic carbocycles. The maximum Gasteiger partial charge on any atom is -0.0289 e. The lowest BCUT2D eigenvalue weighted by Gasteiger charge is -2.40. The summed E-state index contributed by atoms with van der Waals surface area (Å²) in [4.78, 5) is 0. The molecule has 3 atom stereocenters. The summed E-state index contributed by atoms with van der Waals surface area (Å²) in [6, 6.07) is 0. The van der Waals surface area contributed by atoms with Gasteiger partial charge in [0.1, 0.15) is 0 Å². The number of rotatable bonds is 7. The van der Waals surface area contributed by atoms with E-state index in [4.69, 9.17) is 0 Å². The van der Waals surface area contributed by atoms with Crippen LogP contribution in [0.5, 0.6) is 0 Å². The quantitative estimate of drug-likeness (QED) is 0.454. The average molecular weight is 264 g/mol. The lowest BCUT2D eigenvalue weighted by atomic mass is 9.65. The van der Waals surface area contributed by atoms with Gasteiger partial charge in [-0.3, -0.25) is 0 Å². The molecule has 0 nitrogen and oxygen atoms in total. The molecule has 3 unspecified atom stereocenters. The Labute approximate surface area is 122 Å². The molecule has 112 valence electrons. The van der Waals surface area contributed by atoms with Crippen molar-refractivity contribution in [2.45, 2.75) is 86.0 Å². The van der Waals surface area contributed by atoms with Crippen molar-refractivity contribution in [1.82, 2.24) is 0 Å². The van der Waals surface area contributed by atoms with Crippen LogP contribution in [-0.2, 0) is 0 Å². The molecular weight excluding hydrogens is 228 g/mol. The lowest BCUT2D eigenvalue weighted by Crippen LogP contribution is -2.31. The van der Waals surface area contributed by atoms with Crippen molar-refractivity contribution in [2.24, 2.45) is 23.7 Å². The highest BCUT2D eigenvalue weighted by molar-refractivity contribution is 5.03. The standard InChI is InChI=1S/C19H36/c1-6-9-11-16(7-2)14-17-12-10-13-19(15(4)5)18(17)8-3/h7,15,17-19H,6,8-14H2,1-5H3/b16-7+. The molecule has 0 radical (unpaired) electrons. The van der Waals surface area contributed by atoms with Gasteiger partial charge in [0.05, 0.1) is 0 Å². The second-order valence-electron chi connectivity index (χ2n) is 6.93. The second kappa shape index (κ2) is 8.82. The Hall–Kier alpha value is -0.260. The van der Waals surface area contributed by atoms with Gasteiger partial charge in [-0.2, -0.15) is 0 Å². The first kappa shape index (κ1) is 16.8. The van der Waals surface area contributed by atoms with E-state index in [9.17, 15) is 0 Å². The molecule has 19 heavy (non-hydrogen) atoms. The summed E-state index contributed by atoms with van der Waals surface area (Å²) in [6.45, 7) is 11.8. The smallest absolute Gasteiger partial charge is 0.0289 e. The third-order valence-electron chi connectivity index (χ3n) is 5.38.